The van der Waals surface area contributed by atoms with Crippen LogP contribution in [0.3, 0.4) is 0 Å². The largest absolute Gasteiger partial charge is 0.507 e. The van der Waals surface area contributed by atoms with Crippen LogP contribution in [0.4, 0.5) is 0 Å². The summed E-state index contributed by atoms with van der Waals surface area (Å²) in [5.74, 6) is -2.29. The van der Waals surface area contributed by atoms with Crippen LogP contribution in [0, 0.1) is 0 Å². The van der Waals surface area contributed by atoms with Crippen LogP contribution in [-0.4, -0.2) is 39.9 Å². The van der Waals surface area contributed by atoms with Gasteiger partial charge in [-0.2, -0.15) is 0 Å². The number of carboxylic acid groups (broad SMARTS) is 1. The Morgan fingerprint density at radius 2 is 1.59 bits per heavy atom. The Hall–Kier alpha value is -4.39. The molecule has 0 radical (unpaired) electrons. The number of fused-ring (bicyclic) bond motifs is 1. The van der Waals surface area contributed by atoms with Gasteiger partial charge in [0.2, 0.25) is 0 Å². The molecule has 3 aromatic carbocycles. The van der Waals surface area contributed by atoms with Crippen molar-refractivity contribution in [1.29, 1.82) is 0 Å². The highest BCUT2D eigenvalue weighted by atomic mass is 16.5. The lowest BCUT2D eigenvalue weighted by Gasteiger charge is -2.27. The number of aryl methyl sites for hydroxylation is 2. The highest BCUT2D eigenvalue weighted by Gasteiger charge is 2.47. The third-order valence-electron chi connectivity index (χ3n) is 7.15. The number of aromatic carboxylic acids is 1. The van der Waals surface area contributed by atoms with E-state index in [0.29, 0.717) is 22.4 Å². The molecule has 1 aliphatic carbocycles. The van der Waals surface area contributed by atoms with E-state index >= 15 is 0 Å². The number of likely N-dealkylation sites (tertiary alicyclic amines) is 1. The zero-order valence-electron chi connectivity index (χ0n) is 20.4. The molecule has 1 aliphatic heterocycles. The van der Waals surface area contributed by atoms with E-state index in [1.54, 1.807) is 42.5 Å². The fourth-order valence-electron chi connectivity index (χ4n) is 5.24. The van der Waals surface area contributed by atoms with Crippen LogP contribution in [0.25, 0.3) is 5.76 Å². The number of methoxy groups -OCH3 is 1. The molecular weight excluding hydrogens is 470 g/mol. The minimum Gasteiger partial charge on any atom is -0.507 e. The number of hydrogen-bond acceptors (Lipinski definition) is 5. The second-order valence-corrected chi connectivity index (χ2v) is 9.36. The Morgan fingerprint density at radius 3 is 2.30 bits per heavy atom. The molecule has 0 spiro atoms. The first-order valence-corrected chi connectivity index (χ1v) is 12.2. The molecule has 1 atom stereocenters. The number of aliphatic hydroxyl groups is 1. The summed E-state index contributed by atoms with van der Waals surface area (Å²) in [4.78, 5) is 39.4. The minimum atomic E-state index is -1.05. The first-order chi connectivity index (χ1) is 17.9. The molecule has 2 aliphatic rings. The third kappa shape index (κ3) is 4.48. The smallest absolute Gasteiger partial charge is 0.335 e. The first-order valence-electron chi connectivity index (χ1n) is 12.2. The summed E-state index contributed by atoms with van der Waals surface area (Å²) in [7, 11) is 1.51. The number of hydrogen-bond donors (Lipinski definition) is 2. The first kappa shape index (κ1) is 24.3. The topological polar surface area (TPSA) is 104 Å². The number of ketones is 1. The maximum absolute atomic E-state index is 13.4. The van der Waals surface area contributed by atoms with Gasteiger partial charge in [-0.15, -0.1) is 0 Å². The fraction of sp³-hybridized carbons (Fsp3) is 0.233. The minimum absolute atomic E-state index is 0.00687. The number of amides is 1. The lowest BCUT2D eigenvalue weighted by atomic mass is 9.88. The van der Waals surface area contributed by atoms with Crippen molar-refractivity contribution in [3.8, 4) is 5.75 Å². The number of carbonyl (C=O) groups is 3. The van der Waals surface area contributed by atoms with Crippen molar-refractivity contribution in [2.45, 2.75) is 38.3 Å². The van der Waals surface area contributed by atoms with E-state index in [0.717, 1.165) is 31.2 Å². The second-order valence-electron chi connectivity index (χ2n) is 9.36. The van der Waals surface area contributed by atoms with Gasteiger partial charge in [-0.3, -0.25) is 9.59 Å². The predicted molar refractivity (Wildman–Crippen MR) is 137 cm³/mol. The SMILES string of the molecule is COc1ccccc1C1/C(=C(\O)c2ccc3c(c2)CCCC3)C(=O)C(=O)N1Cc1ccc(C(=O)O)cc1. The van der Waals surface area contributed by atoms with Gasteiger partial charge < -0.3 is 19.8 Å². The fourth-order valence-corrected chi connectivity index (χ4v) is 5.24. The molecule has 1 heterocycles. The monoisotopic (exact) mass is 497 g/mol. The number of aliphatic hydroxyl groups excluding tert-OH is 1. The van der Waals surface area contributed by atoms with E-state index in [2.05, 4.69) is 0 Å². The zero-order valence-corrected chi connectivity index (χ0v) is 20.4. The van der Waals surface area contributed by atoms with Gasteiger partial charge in [0.15, 0.2) is 0 Å². The van der Waals surface area contributed by atoms with Crippen LogP contribution < -0.4 is 4.74 Å². The molecule has 3 aromatic rings. The number of ether oxygens (including phenoxy) is 1. The molecular formula is C30H27NO6. The third-order valence-corrected chi connectivity index (χ3v) is 7.15. The van der Waals surface area contributed by atoms with E-state index in [-0.39, 0.29) is 23.4 Å². The van der Waals surface area contributed by atoms with E-state index in [9.17, 15) is 24.6 Å². The standard InChI is InChI=1S/C30H27NO6/c1-37-24-9-5-4-8-23(24)26-25(27(32)22-15-14-19-6-2-3-7-21(19)16-22)28(33)29(34)31(26)17-18-10-12-20(13-11-18)30(35)36/h4-5,8-16,26,32H,2-3,6-7,17H2,1H3,(H,35,36)/b27-25+. The van der Waals surface area contributed by atoms with Crippen molar-refractivity contribution in [2.75, 3.05) is 7.11 Å². The molecule has 1 unspecified atom stereocenters. The zero-order chi connectivity index (χ0) is 26.1. The lowest BCUT2D eigenvalue weighted by Crippen LogP contribution is -2.29. The Balaban J connectivity index is 1.62. The normalized spacial score (nSPS) is 18.5. The van der Waals surface area contributed by atoms with E-state index < -0.39 is 23.7 Å². The highest BCUT2D eigenvalue weighted by molar-refractivity contribution is 6.46. The molecule has 0 bridgehead atoms. The van der Waals surface area contributed by atoms with Crippen LogP contribution in [-0.2, 0) is 29.0 Å². The van der Waals surface area contributed by atoms with Gasteiger partial charge in [0.05, 0.1) is 24.3 Å². The number of carboxylic acids is 1. The Morgan fingerprint density at radius 1 is 0.919 bits per heavy atom. The van der Waals surface area contributed by atoms with Crippen molar-refractivity contribution >= 4 is 23.4 Å². The molecule has 0 aromatic heterocycles. The summed E-state index contributed by atoms with van der Waals surface area (Å²) in [6.45, 7) is 0.0498. The molecule has 5 rings (SSSR count). The molecule has 1 fully saturated rings. The summed E-state index contributed by atoms with van der Waals surface area (Å²) in [6, 6.07) is 18.1. The molecule has 0 saturated carbocycles. The van der Waals surface area contributed by atoms with Crippen molar-refractivity contribution in [1.82, 2.24) is 4.90 Å². The van der Waals surface area contributed by atoms with Gasteiger partial charge in [0.25, 0.3) is 11.7 Å². The molecule has 2 N–H and O–H groups in total. The molecule has 7 heteroatoms. The quantitative estimate of drug-likeness (QED) is 0.285. The van der Waals surface area contributed by atoms with Gasteiger partial charge in [0, 0.05) is 17.7 Å². The predicted octanol–water partition coefficient (Wildman–Crippen LogP) is 4.89. The summed E-state index contributed by atoms with van der Waals surface area (Å²) < 4.78 is 5.56. The van der Waals surface area contributed by atoms with Crippen LogP contribution >= 0.6 is 0 Å². The maximum atomic E-state index is 13.4. The molecule has 188 valence electrons. The lowest BCUT2D eigenvalue weighted by molar-refractivity contribution is -0.140. The van der Waals surface area contributed by atoms with E-state index in [1.165, 1.54) is 29.7 Å². The van der Waals surface area contributed by atoms with Crippen LogP contribution in [0.2, 0.25) is 0 Å². The van der Waals surface area contributed by atoms with Gasteiger partial charge in [-0.1, -0.05) is 42.5 Å². The van der Waals surface area contributed by atoms with Gasteiger partial charge in [-0.25, -0.2) is 4.79 Å². The summed E-state index contributed by atoms with van der Waals surface area (Å²) in [6.07, 6.45) is 4.10. The van der Waals surface area contributed by atoms with Crippen molar-refractivity contribution < 1.29 is 29.3 Å². The number of Topliss-reactive ketones (excluding diaryl/α,β-unsaturated/α-hetero) is 1. The van der Waals surface area contributed by atoms with E-state index in [1.807, 2.05) is 12.1 Å². The maximum Gasteiger partial charge on any atom is 0.335 e. The molecule has 7 nitrogen and oxygen atoms in total. The number of rotatable bonds is 6. The van der Waals surface area contributed by atoms with Crippen molar-refractivity contribution in [3.63, 3.8) is 0 Å². The summed E-state index contributed by atoms with van der Waals surface area (Å²) >= 11 is 0. The van der Waals surface area contributed by atoms with Crippen molar-refractivity contribution in [2.24, 2.45) is 0 Å². The van der Waals surface area contributed by atoms with Crippen LogP contribution in [0.15, 0.2) is 72.3 Å². The van der Waals surface area contributed by atoms with Gasteiger partial charge in [-0.05, 0) is 66.6 Å². The van der Waals surface area contributed by atoms with Crippen LogP contribution in [0.5, 0.6) is 5.75 Å². The van der Waals surface area contributed by atoms with Gasteiger partial charge >= 0.3 is 5.97 Å². The Labute approximate surface area is 214 Å². The Bertz CT molecular complexity index is 1420. The number of carbonyl (C=O) groups excluding carboxylic acids is 2. The average molecular weight is 498 g/mol. The highest BCUT2D eigenvalue weighted by Crippen LogP contribution is 2.43. The molecule has 37 heavy (non-hydrogen) atoms. The van der Waals surface area contributed by atoms with E-state index in [4.69, 9.17) is 4.74 Å². The van der Waals surface area contributed by atoms with Crippen molar-refractivity contribution in [3.05, 3.63) is 106 Å². The summed E-state index contributed by atoms with van der Waals surface area (Å²) in [5, 5.41) is 20.7. The number of para-hydroxylation sites is 1. The molecule has 1 saturated heterocycles. The number of nitrogens with zero attached hydrogens (tertiary/aromatic N) is 1. The number of benzene rings is 3. The average Bonchev–Trinajstić information content (AvgIpc) is 3.17. The molecule has 1 amide bonds. The summed E-state index contributed by atoms with van der Waals surface area (Å²) in [5.41, 5.74) is 4.26. The second kappa shape index (κ2) is 9.93. The van der Waals surface area contributed by atoms with Crippen LogP contribution in [0.1, 0.15) is 57.1 Å². The Kier molecular flexibility index (Phi) is 6.53. The van der Waals surface area contributed by atoms with Gasteiger partial charge in [0.1, 0.15) is 11.5 Å².